The molecule has 0 amide bonds. The monoisotopic (exact) mass is 400 g/mol. The average Bonchev–Trinajstić information content (AvgIpc) is 2.66. The number of phenolic OH excluding ortho intramolecular Hbond substituents is 1. The van der Waals surface area contributed by atoms with Crippen LogP contribution >= 0.6 is 0 Å². The first-order valence-corrected chi connectivity index (χ1v) is 9.86. The van der Waals surface area contributed by atoms with Gasteiger partial charge in [-0.05, 0) is 49.4 Å². The maximum atomic E-state index is 12.8. The predicted molar refractivity (Wildman–Crippen MR) is 109 cm³/mol. The van der Waals surface area contributed by atoms with Crippen molar-refractivity contribution in [2.75, 3.05) is 7.11 Å². The molecule has 2 N–H and O–H groups in total. The van der Waals surface area contributed by atoms with E-state index in [-0.39, 0.29) is 41.1 Å². The van der Waals surface area contributed by atoms with Gasteiger partial charge in [-0.3, -0.25) is 0 Å². The van der Waals surface area contributed by atoms with Crippen LogP contribution in [0.15, 0.2) is 18.2 Å². The lowest BCUT2D eigenvalue weighted by Gasteiger charge is -2.24. The summed E-state index contributed by atoms with van der Waals surface area (Å²) in [5, 5.41) is 21.4. The molecule has 6 heteroatoms. The molecule has 1 aliphatic rings. The summed E-state index contributed by atoms with van der Waals surface area (Å²) in [4.78, 5) is 12.8. The Morgan fingerprint density at radius 1 is 1.28 bits per heavy atom. The van der Waals surface area contributed by atoms with E-state index in [4.69, 9.17) is 14.2 Å². The Morgan fingerprint density at radius 3 is 2.62 bits per heavy atom. The van der Waals surface area contributed by atoms with E-state index in [9.17, 15) is 15.0 Å². The fourth-order valence-electron chi connectivity index (χ4n) is 3.80. The van der Waals surface area contributed by atoms with Gasteiger partial charge in [0, 0.05) is 16.7 Å². The van der Waals surface area contributed by atoms with E-state index < -0.39 is 12.1 Å². The zero-order valence-corrected chi connectivity index (χ0v) is 17.5. The number of hydrogen-bond donors (Lipinski definition) is 2. The third kappa shape index (κ3) is 3.90. The summed E-state index contributed by atoms with van der Waals surface area (Å²) in [5.74, 6) is 0.436. The van der Waals surface area contributed by atoms with Crippen LogP contribution in [0, 0.1) is 12.8 Å². The van der Waals surface area contributed by atoms with Gasteiger partial charge in [-0.15, -0.1) is 0 Å². The minimum Gasteiger partial charge on any atom is -0.504 e. The number of phenols is 1. The number of hydrogen-bond acceptors (Lipinski definition) is 6. The predicted octanol–water partition coefficient (Wildman–Crippen LogP) is 4.81. The molecule has 0 spiro atoms. The molecule has 1 heterocycles. The molecule has 0 aromatic heterocycles. The quantitative estimate of drug-likeness (QED) is 0.701. The number of ether oxygens (including phenoxy) is 3. The van der Waals surface area contributed by atoms with Crippen LogP contribution in [0.25, 0.3) is 0 Å². The Kier molecular flexibility index (Phi) is 6.03. The molecule has 6 nitrogen and oxygen atoms in total. The highest BCUT2D eigenvalue weighted by Crippen LogP contribution is 2.45. The van der Waals surface area contributed by atoms with E-state index in [0.717, 1.165) is 11.1 Å². The topological polar surface area (TPSA) is 85.2 Å². The number of fused-ring (bicyclic) bond motifs is 2. The van der Waals surface area contributed by atoms with Gasteiger partial charge in [0.15, 0.2) is 11.5 Å². The molecule has 1 aliphatic heterocycles. The second-order valence-corrected chi connectivity index (χ2v) is 7.75. The van der Waals surface area contributed by atoms with Gasteiger partial charge in [0.2, 0.25) is 0 Å². The second kappa shape index (κ2) is 8.33. The van der Waals surface area contributed by atoms with E-state index in [1.165, 1.54) is 7.11 Å². The first-order valence-electron chi connectivity index (χ1n) is 9.86. The lowest BCUT2D eigenvalue weighted by atomic mass is 9.96. The lowest BCUT2D eigenvalue weighted by Crippen LogP contribution is -2.15. The fraction of sp³-hybridized carbons (Fsp3) is 0.435. The zero-order valence-electron chi connectivity index (χ0n) is 17.5. The van der Waals surface area contributed by atoms with Crippen LogP contribution in [0.4, 0.5) is 0 Å². The lowest BCUT2D eigenvalue weighted by molar-refractivity contribution is 0.0453. The van der Waals surface area contributed by atoms with Crippen LogP contribution < -0.4 is 9.47 Å². The largest absolute Gasteiger partial charge is 0.504 e. The average molecular weight is 400 g/mol. The molecule has 0 saturated carbocycles. The number of aliphatic hydroxyl groups excluding tert-OH is 1. The van der Waals surface area contributed by atoms with E-state index >= 15 is 0 Å². The van der Waals surface area contributed by atoms with Crippen molar-refractivity contribution in [3.8, 4) is 23.0 Å². The van der Waals surface area contributed by atoms with Gasteiger partial charge in [0.1, 0.15) is 23.7 Å². The molecule has 1 atom stereocenters. The van der Waals surface area contributed by atoms with Crippen LogP contribution in [-0.4, -0.2) is 23.3 Å². The van der Waals surface area contributed by atoms with Gasteiger partial charge < -0.3 is 24.4 Å². The molecule has 0 saturated heterocycles. The Labute approximate surface area is 171 Å². The van der Waals surface area contributed by atoms with Gasteiger partial charge in [-0.2, -0.15) is 0 Å². The SMILES string of the molecule is CCc1c(C)cc2c(c1O)Oc1ccc([C@@H](O)CC(C)C)c(OC)c1C(=O)OC2. The van der Waals surface area contributed by atoms with Gasteiger partial charge in [-0.25, -0.2) is 4.79 Å². The molecule has 3 rings (SSSR count). The molecule has 2 aromatic rings. The molecular weight excluding hydrogens is 372 g/mol. The van der Waals surface area contributed by atoms with Crippen LogP contribution in [0.3, 0.4) is 0 Å². The standard InChI is InChI=1S/C23H28O6/c1-6-15-13(4)10-14-11-28-23(26)19-18(29-21(14)20(15)25)8-7-16(22(19)27-5)17(24)9-12(2)3/h7-8,10,12,17,24-25H,6,9,11H2,1-5H3/t17-/m0/s1. The Hall–Kier alpha value is -2.73. The minimum atomic E-state index is -0.788. The molecule has 0 unspecified atom stereocenters. The summed E-state index contributed by atoms with van der Waals surface area (Å²) < 4.78 is 17.0. The fourth-order valence-corrected chi connectivity index (χ4v) is 3.80. The van der Waals surface area contributed by atoms with Crippen molar-refractivity contribution >= 4 is 5.97 Å². The van der Waals surface area contributed by atoms with Crippen molar-refractivity contribution in [2.45, 2.75) is 53.2 Å². The zero-order chi connectivity index (χ0) is 21.3. The van der Waals surface area contributed by atoms with Crippen LogP contribution in [0.1, 0.15) is 65.9 Å². The summed E-state index contributed by atoms with van der Waals surface area (Å²) in [7, 11) is 1.44. The normalized spacial score (nSPS) is 14.2. The Bertz CT molecular complexity index is 932. The van der Waals surface area contributed by atoms with Crippen LogP contribution in [-0.2, 0) is 17.8 Å². The summed E-state index contributed by atoms with van der Waals surface area (Å²) in [6.07, 6.45) is 0.377. The van der Waals surface area contributed by atoms with E-state index in [1.54, 1.807) is 12.1 Å². The van der Waals surface area contributed by atoms with Gasteiger partial charge in [0.25, 0.3) is 0 Å². The number of methoxy groups -OCH3 is 1. The van der Waals surface area contributed by atoms with Crippen molar-refractivity contribution in [2.24, 2.45) is 5.92 Å². The number of aliphatic hydroxyl groups is 1. The van der Waals surface area contributed by atoms with Crippen molar-refractivity contribution in [1.82, 2.24) is 0 Å². The van der Waals surface area contributed by atoms with Gasteiger partial charge in [-0.1, -0.05) is 20.8 Å². The maximum absolute atomic E-state index is 12.8. The van der Waals surface area contributed by atoms with E-state index in [2.05, 4.69) is 0 Å². The first-order chi connectivity index (χ1) is 13.8. The van der Waals surface area contributed by atoms with Crippen LogP contribution in [0.5, 0.6) is 23.0 Å². The maximum Gasteiger partial charge on any atom is 0.346 e. The molecule has 29 heavy (non-hydrogen) atoms. The number of cyclic esters (lactones) is 1. The number of aryl methyl sites for hydroxylation is 1. The Balaban J connectivity index is 2.16. The highest BCUT2D eigenvalue weighted by molar-refractivity contribution is 5.96. The third-order valence-electron chi connectivity index (χ3n) is 5.20. The van der Waals surface area contributed by atoms with E-state index in [1.807, 2.05) is 33.8 Å². The molecule has 0 fully saturated rings. The number of aromatic hydroxyl groups is 1. The summed E-state index contributed by atoms with van der Waals surface area (Å²) >= 11 is 0. The van der Waals surface area contributed by atoms with Crippen LogP contribution in [0.2, 0.25) is 0 Å². The summed E-state index contributed by atoms with van der Waals surface area (Å²) in [5.41, 5.74) is 2.90. The molecule has 0 aliphatic carbocycles. The number of carbonyl (C=O) groups excluding carboxylic acids is 1. The van der Waals surface area contributed by atoms with Crippen molar-refractivity contribution in [3.63, 3.8) is 0 Å². The Morgan fingerprint density at radius 2 is 2.00 bits per heavy atom. The van der Waals surface area contributed by atoms with Crippen molar-refractivity contribution in [3.05, 3.63) is 46.0 Å². The van der Waals surface area contributed by atoms with Gasteiger partial charge in [0.05, 0.1) is 13.2 Å². The number of rotatable bonds is 5. The minimum absolute atomic E-state index is 0.0338. The highest BCUT2D eigenvalue weighted by atomic mass is 16.5. The first kappa shape index (κ1) is 21.0. The number of benzene rings is 2. The van der Waals surface area contributed by atoms with Gasteiger partial charge >= 0.3 is 5.97 Å². The second-order valence-electron chi connectivity index (χ2n) is 7.75. The smallest absolute Gasteiger partial charge is 0.346 e. The number of carbonyl (C=O) groups is 1. The molecule has 0 bridgehead atoms. The molecule has 156 valence electrons. The number of esters is 1. The van der Waals surface area contributed by atoms with Crippen molar-refractivity contribution < 1.29 is 29.2 Å². The highest BCUT2D eigenvalue weighted by Gasteiger charge is 2.30. The molecule has 0 radical (unpaired) electrons. The molecular formula is C23H28O6. The summed E-state index contributed by atoms with van der Waals surface area (Å²) in [6, 6.07) is 5.16. The van der Waals surface area contributed by atoms with E-state index in [0.29, 0.717) is 24.0 Å². The summed E-state index contributed by atoms with van der Waals surface area (Å²) in [6.45, 7) is 7.84. The molecule has 2 aromatic carbocycles. The third-order valence-corrected chi connectivity index (χ3v) is 5.20. The van der Waals surface area contributed by atoms with Crippen molar-refractivity contribution in [1.29, 1.82) is 0 Å².